The number of hydrogen-bond acceptors (Lipinski definition) is 6. The standard InChI is InChI=1S/C18H13BrN4O6/c19-11-7-5-10(6-8-11)9-20-16(25)14-15(24)18(27)22(21-17(14)26)12-3-1-2-4-13(12)23(28)29/h1-8,24H,9H2,(H,20,25)(H,21,26). The van der Waals surface area contributed by atoms with Gasteiger partial charge in [-0.25, -0.2) is 4.68 Å². The number of amides is 1. The van der Waals surface area contributed by atoms with Crippen LogP contribution in [-0.4, -0.2) is 25.7 Å². The third kappa shape index (κ3) is 4.09. The smallest absolute Gasteiger partial charge is 0.313 e. The maximum Gasteiger partial charge on any atom is 0.313 e. The molecule has 0 fully saturated rings. The molecule has 3 aromatic rings. The summed E-state index contributed by atoms with van der Waals surface area (Å²) in [5.41, 5.74) is -3.01. The summed E-state index contributed by atoms with van der Waals surface area (Å²) in [6.45, 7) is 0.0538. The van der Waals surface area contributed by atoms with E-state index in [2.05, 4.69) is 26.3 Å². The minimum absolute atomic E-state index is 0.0538. The summed E-state index contributed by atoms with van der Waals surface area (Å²) in [6.07, 6.45) is 0. The lowest BCUT2D eigenvalue weighted by Gasteiger charge is -2.10. The zero-order valence-corrected chi connectivity index (χ0v) is 16.2. The number of H-pyrrole nitrogens is 1. The van der Waals surface area contributed by atoms with Gasteiger partial charge in [-0.15, -0.1) is 0 Å². The number of carbonyl (C=O) groups is 1. The van der Waals surface area contributed by atoms with Gasteiger partial charge in [0.15, 0.2) is 5.56 Å². The van der Waals surface area contributed by atoms with E-state index in [4.69, 9.17) is 0 Å². The third-order valence-electron chi connectivity index (χ3n) is 4.00. The Kier molecular flexibility index (Phi) is 5.59. The van der Waals surface area contributed by atoms with Gasteiger partial charge in [-0.3, -0.25) is 29.6 Å². The Balaban J connectivity index is 1.97. The molecule has 148 valence electrons. The molecule has 0 bridgehead atoms. The lowest BCUT2D eigenvalue weighted by Crippen LogP contribution is -2.36. The first kappa shape index (κ1) is 20.0. The predicted molar refractivity (Wildman–Crippen MR) is 106 cm³/mol. The molecule has 11 heteroatoms. The number of nitrogens with zero attached hydrogens (tertiary/aromatic N) is 2. The van der Waals surface area contributed by atoms with E-state index in [1.54, 1.807) is 24.3 Å². The Labute approximate surface area is 170 Å². The topological polar surface area (TPSA) is 147 Å². The van der Waals surface area contributed by atoms with E-state index in [0.29, 0.717) is 4.68 Å². The maximum absolute atomic E-state index is 12.5. The number of hydrogen-bond donors (Lipinski definition) is 3. The van der Waals surface area contributed by atoms with Crippen LogP contribution in [0.1, 0.15) is 15.9 Å². The first-order chi connectivity index (χ1) is 13.8. The molecule has 0 unspecified atom stereocenters. The molecule has 1 heterocycles. The van der Waals surface area contributed by atoms with E-state index in [1.165, 1.54) is 18.2 Å². The second-order valence-corrected chi connectivity index (χ2v) is 6.78. The quantitative estimate of drug-likeness (QED) is 0.390. The van der Waals surface area contributed by atoms with Crippen LogP contribution in [-0.2, 0) is 6.54 Å². The van der Waals surface area contributed by atoms with Gasteiger partial charge < -0.3 is 10.4 Å². The predicted octanol–water partition coefficient (Wildman–Crippen LogP) is 1.83. The van der Waals surface area contributed by atoms with Crippen molar-refractivity contribution < 1.29 is 14.8 Å². The number of rotatable bonds is 5. The van der Waals surface area contributed by atoms with Crippen molar-refractivity contribution in [2.75, 3.05) is 0 Å². The van der Waals surface area contributed by atoms with Gasteiger partial charge in [0, 0.05) is 17.1 Å². The molecule has 10 nitrogen and oxygen atoms in total. The first-order valence-electron chi connectivity index (χ1n) is 8.14. The SMILES string of the molecule is O=C(NCc1ccc(Br)cc1)c1c(O)c(=O)n(-c2ccccc2[N+](=O)[O-])[nH]c1=O. The molecule has 0 saturated carbocycles. The normalized spacial score (nSPS) is 10.5. The highest BCUT2D eigenvalue weighted by molar-refractivity contribution is 9.10. The van der Waals surface area contributed by atoms with Gasteiger partial charge in [-0.1, -0.05) is 40.2 Å². The zero-order valence-electron chi connectivity index (χ0n) is 14.6. The minimum atomic E-state index is -1.17. The third-order valence-corrected chi connectivity index (χ3v) is 4.52. The van der Waals surface area contributed by atoms with Crippen molar-refractivity contribution in [2.45, 2.75) is 6.54 Å². The fourth-order valence-corrected chi connectivity index (χ4v) is 2.85. The van der Waals surface area contributed by atoms with Gasteiger partial charge >= 0.3 is 5.56 Å². The molecular weight excluding hydrogens is 448 g/mol. The van der Waals surface area contributed by atoms with E-state index in [1.807, 2.05) is 0 Å². The number of benzene rings is 2. The molecular formula is C18H13BrN4O6. The second-order valence-electron chi connectivity index (χ2n) is 5.86. The molecule has 1 amide bonds. The van der Waals surface area contributed by atoms with Gasteiger partial charge in [0.05, 0.1) is 4.92 Å². The molecule has 0 spiro atoms. The Bertz CT molecular complexity index is 1220. The molecule has 0 radical (unpaired) electrons. The fourth-order valence-electron chi connectivity index (χ4n) is 2.59. The van der Waals surface area contributed by atoms with Gasteiger partial charge in [0.1, 0.15) is 5.69 Å². The summed E-state index contributed by atoms with van der Waals surface area (Å²) >= 11 is 3.28. The van der Waals surface area contributed by atoms with Crippen LogP contribution in [0.15, 0.2) is 62.6 Å². The van der Waals surface area contributed by atoms with Crippen LogP contribution in [0.2, 0.25) is 0 Å². The molecule has 0 aliphatic carbocycles. The van der Waals surface area contributed by atoms with Crippen LogP contribution < -0.4 is 16.4 Å². The highest BCUT2D eigenvalue weighted by Crippen LogP contribution is 2.20. The van der Waals surface area contributed by atoms with Crippen LogP contribution in [0, 0.1) is 10.1 Å². The Morgan fingerprint density at radius 1 is 1.17 bits per heavy atom. The van der Waals surface area contributed by atoms with Crippen molar-refractivity contribution >= 4 is 27.5 Å². The summed E-state index contributed by atoms with van der Waals surface area (Å²) < 4.78 is 1.38. The van der Waals surface area contributed by atoms with E-state index in [9.17, 15) is 29.6 Å². The maximum atomic E-state index is 12.5. The number of halogens is 1. The summed E-state index contributed by atoms with van der Waals surface area (Å²) in [5.74, 6) is -2.07. The van der Waals surface area contributed by atoms with Crippen molar-refractivity contribution in [3.63, 3.8) is 0 Å². The average molecular weight is 461 g/mol. The van der Waals surface area contributed by atoms with Crippen molar-refractivity contribution in [3.8, 4) is 11.4 Å². The number of aromatic amines is 1. The van der Waals surface area contributed by atoms with Gasteiger partial charge in [0.2, 0.25) is 5.75 Å². The van der Waals surface area contributed by atoms with Crippen LogP contribution in [0.25, 0.3) is 5.69 Å². The summed E-state index contributed by atoms with van der Waals surface area (Å²) in [5, 5.41) is 25.9. The van der Waals surface area contributed by atoms with Crippen molar-refractivity contribution in [3.05, 3.63) is 95.0 Å². The summed E-state index contributed by atoms with van der Waals surface area (Å²) in [7, 11) is 0. The van der Waals surface area contributed by atoms with Crippen molar-refractivity contribution in [2.24, 2.45) is 0 Å². The van der Waals surface area contributed by atoms with Crippen LogP contribution in [0.4, 0.5) is 5.69 Å². The van der Waals surface area contributed by atoms with Gasteiger partial charge in [-0.05, 0) is 23.8 Å². The highest BCUT2D eigenvalue weighted by atomic mass is 79.9. The molecule has 3 rings (SSSR count). The highest BCUT2D eigenvalue weighted by Gasteiger charge is 2.24. The van der Waals surface area contributed by atoms with E-state index < -0.39 is 38.9 Å². The number of aromatic nitrogens is 2. The molecule has 0 atom stereocenters. The molecule has 1 aromatic heterocycles. The Morgan fingerprint density at radius 2 is 1.83 bits per heavy atom. The Hall–Kier alpha value is -3.73. The lowest BCUT2D eigenvalue weighted by molar-refractivity contribution is -0.384. The van der Waals surface area contributed by atoms with Crippen LogP contribution in [0.3, 0.4) is 0 Å². The number of nitro groups is 1. The van der Waals surface area contributed by atoms with Crippen LogP contribution >= 0.6 is 15.9 Å². The summed E-state index contributed by atoms with van der Waals surface area (Å²) in [4.78, 5) is 47.6. The molecule has 3 N–H and O–H groups in total. The number of carbonyl (C=O) groups excluding carboxylic acids is 1. The summed E-state index contributed by atoms with van der Waals surface area (Å²) in [6, 6.07) is 12.2. The largest absolute Gasteiger partial charge is 0.502 e. The molecule has 0 aliphatic rings. The zero-order chi connectivity index (χ0) is 21.1. The number of aromatic hydroxyl groups is 1. The van der Waals surface area contributed by atoms with Crippen molar-refractivity contribution in [1.82, 2.24) is 15.1 Å². The monoisotopic (exact) mass is 460 g/mol. The second kappa shape index (κ2) is 8.10. The fraction of sp³-hybridized carbons (Fsp3) is 0.0556. The molecule has 0 aliphatic heterocycles. The van der Waals surface area contributed by atoms with E-state index in [-0.39, 0.29) is 12.2 Å². The molecule has 29 heavy (non-hydrogen) atoms. The minimum Gasteiger partial charge on any atom is -0.502 e. The number of nitro benzene ring substituents is 1. The molecule has 2 aromatic carbocycles. The Morgan fingerprint density at radius 3 is 2.48 bits per heavy atom. The molecule has 0 saturated heterocycles. The number of nitrogens with one attached hydrogen (secondary N) is 2. The average Bonchev–Trinajstić information content (AvgIpc) is 2.70. The van der Waals surface area contributed by atoms with Gasteiger partial charge in [0.25, 0.3) is 17.2 Å². The van der Waals surface area contributed by atoms with Crippen molar-refractivity contribution in [1.29, 1.82) is 0 Å². The van der Waals surface area contributed by atoms with E-state index >= 15 is 0 Å². The lowest BCUT2D eigenvalue weighted by atomic mass is 10.2. The van der Waals surface area contributed by atoms with Crippen LogP contribution in [0.5, 0.6) is 5.75 Å². The number of para-hydroxylation sites is 2. The first-order valence-corrected chi connectivity index (χ1v) is 8.93. The van der Waals surface area contributed by atoms with Gasteiger partial charge in [-0.2, -0.15) is 0 Å². The van der Waals surface area contributed by atoms with E-state index in [0.717, 1.165) is 16.1 Å².